The van der Waals surface area contributed by atoms with E-state index in [0.717, 1.165) is 0 Å². The van der Waals surface area contributed by atoms with Crippen LogP contribution in [-0.2, 0) is 4.74 Å². The number of carbonyl (C=O) groups is 2. The largest absolute Gasteiger partial charge is 0.465 e. The summed E-state index contributed by atoms with van der Waals surface area (Å²) in [6.07, 6.45) is 0. The number of benzene rings is 1. The lowest BCUT2D eigenvalue weighted by molar-refractivity contribution is 0.0599. The molecule has 1 aromatic rings. The van der Waals surface area contributed by atoms with Crippen molar-refractivity contribution in [2.24, 2.45) is 0 Å². The molecule has 1 aromatic carbocycles. The van der Waals surface area contributed by atoms with Gasteiger partial charge in [0.25, 0.3) is 0 Å². The smallest absolute Gasteiger partial charge is 0.338 e. The van der Waals surface area contributed by atoms with Gasteiger partial charge in [-0.15, -0.1) is 0 Å². The van der Waals surface area contributed by atoms with E-state index < -0.39 is 11.8 Å². The van der Waals surface area contributed by atoms with Crippen LogP contribution in [0, 0.1) is 12.7 Å². The molecule has 0 atom stereocenters. The molecule has 4 heteroatoms. The fourth-order valence-corrected chi connectivity index (χ4v) is 1.29. The van der Waals surface area contributed by atoms with Crippen molar-refractivity contribution in [3.63, 3.8) is 0 Å². The SMILES string of the molecule is COC(=O)c1ccc(C(C)=O)c(F)c1C. The number of halogens is 1. The molecule has 0 spiro atoms. The topological polar surface area (TPSA) is 43.4 Å². The van der Waals surface area contributed by atoms with Crippen LogP contribution in [0.2, 0.25) is 0 Å². The predicted molar refractivity (Wildman–Crippen MR) is 52.5 cm³/mol. The highest BCUT2D eigenvalue weighted by Gasteiger charge is 2.17. The van der Waals surface area contributed by atoms with Gasteiger partial charge in [-0.3, -0.25) is 4.79 Å². The van der Waals surface area contributed by atoms with E-state index in [1.54, 1.807) is 0 Å². The summed E-state index contributed by atoms with van der Waals surface area (Å²) in [5.74, 6) is -1.64. The molecule has 0 fully saturated rings. The number of rotatable bonds is 2. The summed E-state index contributed by atoms with van der Waals surface area (Å²) in [6.45, 7) is 2.71. The van der Waals surface area contributed by atoms with Crippen LogP contribution in [0.1, 0.15) is 33.2 Å². The van der Waals surface area contributed by atoms with Crippen LogP contribution in [0.4, 0.5) is 4.39 Å². The van der Waals surface area contributed by atoms with Crippen LogP contribution < -0.4 is 0 Å². The van der Waals surface area contributed by atoms with Gasteiger partial charge >= 0.3 is 5.97 Å². The molecule has 80 valence electrons. The molecular weight excluding hydrogens is 199 g/mol. The molecule has 1 rings (SSSR count). The Balaban J connectivity index is 3.33. The third kappa shape index (κ3) is 2.03. The maximum atomic E-state index is 13.6. The van der Waals surface area contributed by atoms with Crippen molar-refractivity contribution < 1.29 is 18.7 Å². The van der Waals surface area contributed by atoms with E-state index in [1.165, 1.54) is 33.1 Å². The quantitative estimate of drug-likeness (QED) is 0.554. The summed E-state index contributed by atoms with van der Waals surface area (Å²) < 4.78 is 18.1. The molecule has 3 nitrogen and oxygen atoms in total. The Morgan fingerprint density at radius 1 is 1.27 bits per heavy atom. The van der Waals surface area contributed by atoms with Crippen molar-refractivity contribution in [1.29, 1.82) is 0 Å². The third-order valence-corrected chi connectivity index (χ3v) is 2.17. The Labute approximate surface area is 86.9 Å². The normalized spacial score (nSPS) is 9.87. The second kappa shape index (κ2) is 4.21. The van der Waals surface area contributed by atoms with E-state index in [9.17, 15) is 14.0 Å². The highest BCUT2D eigenvalue weighted by molar-refractivity contribution is 5.97. The van der Waals surface area contributed by atoms with E-state index in [4.69, 9.17) is 0 Å². The molecule has 15 heavy (non-hydrogen) atoms. The zero-order valence-corrected chi connectivity index (χ0v) is 8.76. The highest BCUT2D eigenvalue weighted by atomic mass is 19.1. The molecule has 0 aromatic heterocycles. The lowest BCUT2D eigenvalue weighted by Gasteiger charge is -2.07. The average Bonchev–Trinajstić information content (AvgIpc) is 2.20. The molecule has 0 saturated heterocycles. The summed E-state index contributed by atoms with van der Waals surface area (Å²) in [5, 5.41) is 0. The first-order chi connectivity index (χ1) is 6.99. The Kier molecular flexibility index (Phi) is 3.19. The van der Waals surface area contributed by atoms with Crippen molar-refractivity contribution in [1.82, 2.24) is 0 Å². The third-order valence-electron chi connectivity index (χ3n) is 2.17. The zero-order chi connectivity index (χ0) is 11.6. The van der Waals surface area contributed by atoms with Crippen LogP contribution in [0.3, 0.4) is 0 Å². The van der Waals surface area contributed by atoms with Crippen molar-refractivity contribution in [2.45, 2.75) is 13.8 Å². The first kappa shape index (κ1) is 11.4. The summed E-state index contributed by atoms with van der Waals surface area (Å²) in [5.41, 5.74) is 0.259. The molecule has 0 radical (unpaired) electrons. The Hall–Kier alpha value is -1.71. The van der Waals surface area contributed by atoms with Gasteiger partial charge in [-0.05, 0) is 31.5 Å². The van der Waals surface area contributed by atoms with Gasteiger partial charge < -0.3 is 4.74 Å². The molecule has 0 aliphatic carbocycles. The highest BCUT2D eigenvalue weighted by Crippen LogP contribution is 2.18. The fraction of sp³-hybridized carbons (Fsp3) is 0.273. The van der Waals surface area contributed by atoms with Gasteiger partial charge in [-0.2, -0.15) is 0 Å². The molecular formula is C11H11FO3. The van der Waals surface area contributed by atoms with E-state index in [-0.39, 0.29) is 22.5 Å². The minimum atomic E-state index is -0.662. The van der Waals surface area contributed by atoms with Gasteiger partial charge in [0.2, 0.25) is 0 Å². The number of esters is 1. The lowest BCUT2D eigenvalue weighted by atomic mass is 10.0. The number of methoxy groups -OCH3 is 1. The molecule has 0 bridgehead atoms. The second-order valence-corrected chi connectivity index (χ2v) is 3.15. The Morgan fingerprint density at radius 2 is 1.80 bits per heavy atom. The minimum Gasteiger partial charge on any atom is -0.465 e. The van der Waals surface area contributed by atoms with Crippen molar-refractivity contribution in [3.05, 3.63) is 34.6 Å². The Bertz CT molecular complexity index is 424. The maximum Gasteiger partial charge on any atom is 0.338 e. The van der Waals surface area contributed by atoms with Gasteiger partial charge in [0, 0.05) is 0 Å². The summed E-state index contributed by atoms with van der Waals surface area (Å²) >= 11 is 0. The van der Waals surface area contributed by atoms with Gasteiger partial charge in [-0.25, -0.2) is 9.18 Å². The molecule has 0 aliphatic rings. The summed E-state index contributed by atoms with van der Waals surface area (Å²) in [6, 6.07) is 2.68. The lowest BCUT2D eigenvalue weighted by Crippen LogP contribution is -2.08. The summed E-state index contributed by atoms with van der Waals surface area (Å²) in [7, 11) is 1.22. The van der Waals surface area contributed by atoms with E-state index >= 15 is 0 Å². The maximum absolute atomic E-state index is 13.6. The molecule has 0 heterocycles. The van der Waals surface area contributed by atoms with Crippen LogP contribution in [0.25, 0.3) is 0 Å². The van der Waals surface area contributed by atoms with Crippen LogP contribution >= 0.6 is 0 Å². The molecule has 0 aliphatic heterocycles. The molecule has 0 N–H and O–H groups in total. The first-order valence-electron chi connectivity index (χ1n) is 4.37. The first-order valence-corrected chi connectivity index (χ1v) is 4.37. The number of hydrogen-bond acceptors (Lipinski definition) is 3. The average molecular weight is 210 g/mol. The summed E-state index contributed by atoms with van der Waals surface area (Å²) in [4.78, 5) is 22.2. The molecule has 0 saturated carbocycles. The monoisotopic (exact) mass is 210 g/mol. The number of carbonyl (C=O) groups excluding carboxylic acids is 2. The molecule has 0 unspecified atom stereocenters. The van der Waals surface area contributed by atoms with Crippen molar-refractivity contribution >= 4 is 11.8 Å². The molecule has 0 amide bonds. The van der Waals surface area contributed by atoms with Gasteiger partial charge in [0.1, 0.15) is 5.82 Å². The van der Waals surface area contributed by atoms with Crippen LogP contribution in [0.5, 0.6) is 0 Å². The predicted octanol–water partition coefficient (Wildman–Crippen LogP) is 2.12. The van der Waals surface area contributed by atoms with Gasteiger partial charge in [-0.1, -0.05) is 0 Å². The van der Waals surface area contributed by atoms with E-state index in [0.29, 0.717) is 0 Å². The van der Waals surface area contributed by atoms with E-state index in [1.807, 2.05) is 0 Å². The number of ketones is 1. The Morgan fingerprint density at radius 3 is 2.27 bits per heavy atom. The van der Waals surface area contributed by atoms with Crippen LogP contribution in [0.15, 0.2) is 12.1 Å². The standard InChI is InChI=1S/C11H11FO3/c1-6-8(11(14)15-3)4-5-9(7(2)13)10(6)12/h4-5H,1-3H3. The van der Waals surface area contributed by atoms with E-state index in [2.05, 4.69) is 4.74 Å². The number of ether oxygens (including phenoxy) is 1. The zero-order valence-electron chi connectivity index (χ0n) is 8.76. The number of Topliss-reactive ketones (excluding diaryl/α,β-unsaturated/α-hetero) is 1. The minimum absolute atomic E-state index is 0.0137. The van der Waals surface area contributed by atoms with Gasteiger partial charge in [0.05, 0.1) is 18.2 Å². The van der Waals surface area contributed by atoms with Crippen molar-refractivity contribution in [3.8, 4) is 0 Å². The second-order valence-electron chi connectivity index (χ2n) is 3.15. The number of hydrogen-bond donors (Lipinski definition) is 0. The fourth-order valence-electron chi connectivity index (χ4n) is 1.29. The van der Waals surface area contributed by atoms with Crippen LogP contribution in [-0.4, -0.2) is 18.9 Å². The van der Waals surface area contributed by atoms with Crippen molar-refractivity contribution in [2.75, 3.05) is 7.11 Å². The van der Waals surface area contributed by atoms with Gasteiger partial charge in [0.15, 0.2) is 5.78 Å².